The van der Waals surface area contributed by atoms with Crippen LogP contribution in [0.2, 0.25) is 0 Å². The number of hydrogen-bond acceptors (Lipinski definition) is 4. The van der Waals surface area contributed by atoms with Crippen LogP contribution >= 0.6 is 15.9 Å². The molecule has 0 fully saturated rings. The monoisotopic (exact) mass is 527 g/mol. The second-order valence-corrected chi connectivity index (χ2v) is 9.72. The minimum atomic E-state index is -0.105. The van der Waals surface area contributed by atoms with Gasteiger partial charge in [0.2, 0.25) is 5.91 Å². The molecule has 0 saturated heterocycles. The Hall–Kier alpha value is -3.35. The third-order valence-corrected chi connectivity index (χ3v) is 6.84. The van der Waals surface area contributed by atoms with Crippen LogP contribution in [-0.4, -0.2) is 21.0 Å². The summed E-state index contributed by atoms with van der Waals surface area (Å²) >= 11 is 3.43. The van der Waals surface area contributed by atoms with Crippen molar-refractivity contribution >= 4 is 27.7 Å². The van der Waals surface area contributed by atoms with Crippen molar-refractivity contribution in [2.24, 2.45) is 0 Å². The van der Waals surface area contributed by atoms with Crippen molar-refractivity contribution < 1.29 is 9.90 Å². The molecule has 6 heteroatoms. The molecule has 1 aromatic heterocycles. The lowest BCUT2D eigenvalue weighted by Crippen LogP contribution is -2.20. The average Bonchev–Trinajstić information content (AvgIpc) is 2.89. The Bertz CT molecular complexity index is 1350. The highest BCUT2D eigenvalue weighted by Gasteiger charge is 2.22. The molecule has 3 aromatic carbocycles. The predicted molar refractivity (Wildman–Crippen MR) is 141 cm³/mol. The first-order chi connectivity index (χ1) is 17.1. The molecule has 176 valence electrons. The van der Waals surface area contributed by atoms with Crippen molar-refractivity contribution in [3.8, 4) is 11.3 Å². The Labute approximate surface area is 213 Å². The summed E-state index contributed by atoms with van der Waals surface area (Å²) in [5.41, 5.74) is 7.87. The average molecular weight is 528 g/mol. The number of nitrogens with zero attached hydrogens (tertiary/aromatic N) is 2. The SMILES string of the molecule is O=C(Cc1ccc(Br)cc1)Nc1nc2c(nc1CCc1ccccc1)-c1ccc(CO)cc1CC2. The summed E-state index contributed by atoms with van der Waals surface area (Å²) in [5.74, 6) is 0.448. The number of carbonyl (C=O) groups is 1. The summed E-state index contributed by atoms with van der Waals surface area (Å²) in [4.78, 5) is 22.9. The smallest absolute Gasteiger partial charge is 0.229 e. The number of aliphatic hydroxyl groups is 1. The Morgan fingerprint density at radius 1 is 0.886 bits per heavy atom. The van der Waals surface area contributed by atoms with Gasteiger partial charge in [-0.1, -0.05) is 76.6 Å². The van der Waals surface area contributed by atoms with Gasteiger partial charge in [0.15, 0.2) is 5.82 Å². The van der Waals surface area contributed by atoms with E-state index in [4.69, 9.17) is 9.97 Å². The van der Waals surface area contributed by atoms with Gasteiger partial charge < -0.3 is 10.4 Å². The summed E-state index contributed by atoms with van der Waals surface area (Å²) < 4.78 is 0.983. The molecular weight excluding hydrogens is 502 g/mol. The molecule has 4 aromatic rings. The molecule has 0 unspecified atom stereocenters. The molecule has 1 amide bonds. The van der Waals surface area contributed by atoms with Crippen LogP contribution < -0.4 is 5.32 Å². The van der Waals surface area contributed by atoms with Crippen LogP contribution in [0.3, 0.4) is 0 Å². The fourth-order valence-electron chi connectivity index (χ4n) is 4.48. The fraction of sp³-hybridized carbons (Fsp3) is 0.207. The number of anilines is 1. The maximum Gasteiger partial charge on any atom is 0.229 e. The zero-order chi connectivity index (χ0) is 24.2. The topological polar surface area (TPSA) is 75.1 Å². The Kier molecular flexibility index (Phi) is 7.02. The van der Waals surface area contributed by atoms with E-state index in [1.54, 1.807) is 0 Å². The lowest BCUT2D eigenvalue weighted by atomic mass is 9.90. The van der Waals surface area contributed by atoms with Crippen LogP contribution in [0.25, 0.3) is 11.3 Å². The Balaban J connectivity index is 1.46. The van der Waals surface area contributed by atoms with Crippen molar-refractivity contribution in [1.82, 2.24) is 9.97 Å². The highest BCUT2D eigenvalue weighted by atomic mass is 79.9. The molecule has 0 bridgehead atoms. The maximum atomic E-state index is 12.9. The van der Waals surface area contributed by atoms with Gasteiger partial charge in [-0.2, -0.15) is 0 Å². The van der Waals surface area contributed by atoms with Crippen molar-refractivity contribution in [2.75, 3.05) is 5.32 Å². The van der Waals surface area contributed by atoms with Gasteiger partial charge in [0.05, 0.1) is 30.1 Å². The second kappa shape index (κ2) is 10.5. The molecule has 1 aliphatic rings. The zero-order valence-electron chi connectivity index (χ0n) is 19.3. The van der Waals surface area contributed by atoms with Crippen LogP contribution in [0.1, 0.15) is 33.6 Å². The van der Waals surface area contributed by atoms with Gasteiger partial charge in [-0.3, -0.25) is 4.79 Å². The lowest BCUT2D eigenvalue weighted by molar-refractivity contribution is -0.115. The molecule has 2 N–H and O–H groups in total. The molecule has 0 spiro atoms. The van der Waals surface area contributed by atoms with Gasteiger partial charge in [-0.15, -0.1) is 0 Å². The maximum absolute atomic E-state index is 12.9. The number of halogens is 1. The Morgan fingerprint density at radius 2 is 1.66 bits per heavy atom. The molecule has 0 radical (unpaired) electrons. The van der Waals surface area contributed by atoms with Gasteiger partial charge in [0.25, 0.3) is 0 Å². The van der Waals surface area contributed by atoms with Crippen LogP contribution in [0, 0.1) is 0 Å². The summed E-state index contributed by atoms with van der Waals surface area (Å²) in [5, 5.41) is 12.6. The summed E-state index contributed by atoms with van der Waals surface area (Å²) in [6.07, 6.45) is 3.33. The molecule has 1 heterocycles. The van der Waals surface area contributed by atoms with Crippen LogP contribution in [-0.2, 0) is 43.5 Å². The molecule has 5 nitrogen and oxygen atoms in total. The van der Waals surface area contributed by atoms with E-state index in [0.717, 1.165) is 57.5 Å². The predicted octanol–water partition coefficient (Wildman–Crippen LogP) is 5.46. The lowest BCUT2D eigenvalue weighted by Gasteiger charge is -2.21. The number of aromatic nitrogens is 2. The molecule has 1 aliphatic carbocycles. The first-order valence-electron chi connectivity index (χ1n) is 11.8. The van der Waals surface area contributed by atoms with E-state index in [0.29, 0.717) is 12.2 Å². The van der Waals surface area contributed by atoms with Crippen molar-refractivity contribution in [3.05, 3.63) is 111 Å². The fourth-order valence-corrected chi connectivity index (χ4v) is 4.74. The highest BCUT2D eigenvalue weighted by Crippen LogP contribution is 2.33. The number of rotatable bonds is 7. The van der Waals surface area contributed by atoms with E-state index in [1.807, 2.05) is 54.6 Å². The van der Waals surface area contributed by atoms with Crippen LogP contribution in [0.15, 0.2) is 77.3 Å². The minimum Gasteiger partial charge on any atom is -0.392 e. The number of aliphatic hydroxyl groups excluding tert-OH is 1. The third kappa shape index (κ3) is 5.50. The highest BCUT2D eigenvalue weighted by molar-refractivity contribution is 9.10. The van der Waals surface area contributed by atoms with Crippen molar-refractivity contribution in [2.45, 2.75) is 38.7 Å². The number of fused-ring (bicyclic) bond motifs is 3. The summed E-state index contributed by atoms with van der Waals surface area (Å²) in [6.45, 7) is 0.0253. The van der Waals surface area contributed by atoms with E-state index in [2.05, 4.69) is 39.4 Å². The van der Waals surface area contributed by atoms with Gasteiger partial charge in [0, 0.05) is 10.0 Å². The first kappa shape index (κ1) is 23.4. The summed E-state index contributed by atoms with van der Waals surface area (Å²) in [6, 6.07) is 24.0. The number of nitrogens with one attached hydrogen (secondary N) is 1. The standard InChI is InChI=1S/C29H26BrN3O2/c30-23-11-6-20(7-12-23)17-27(35)33-29-26(14-9-19-4-2-1-3-5-19)31-28-24-13-8-21(18-34)16-22(24)10-15-25(28)32-29/h1-8,11-13,16,34H,9-10,14-15,17-18H2,(H,32,33,35). The normalized spacial score (nSPS) is 12.1. The molecule has 0 atom stereocenters. The number of hydrogen-bond donors (Lipinski definition) is 2. The molecule has 35 heavy (non-hydrogen) atoms. The van der Waals surface area contributed by atoms with Crippen molar-refractivity contribution in [3.63, 3.8) is 0 Å². The number of amides is 1. The quantitative estimate of drug-likeness (QED) is 0.334. The minimum absolute atomic E-state index is 0.0253. The van der Waals surface area contributed by atoms with E-state index >= 15 is 0 Å². The van der Waals surface area contributed by atoms with Gasteiger partial charge >= 0.3 is 0 Å². The molecule has 0 saturated carbocycles. The summed E-state index contributed by atoms with van der Waals surface area (Å²) in [7, 11) is 0. The number of carbonyl (C=O) groups excluding carboxylic acids is 1. The molecule has 0 aliphatic heterocycles. The third-order valence-electron chi connectivity index (χ3n) is 6.31. The van der Waals surface area contributed by atoms with E-state index in [1.165, 1.54) is 11.1 Å². The zero-order valence-corrected chi connectivity index (χ0v) is 20.9. The van der Waals surface area contributed by atoms with Gasteiger partial charge in [0.1, 0.15) is 0 Å². The first-order valence-corrected chi connectivity index (χ1v) is 12.6. The van der Waals surface area contributed by atoms with E-state index < -0.39 is 0 Å². The Morgan fingerprint density at radius 3 is 2.43 bits per heavy atom. The van der Waals surface area contributed by atoms with E-state index in [-0.39, 0.29) is 18.9 Å². The second-order valence-electron chi connectivity index (χ2n) is 8.80. The molecular formula is C29H26BrN3O2. The van der Waals surface area contributed by atoms with Crippen LogP contribution in [0.4, 0.5) is 5.82 Å². The van der Waals surface area contributed by atoms with E-state index in [9.17, 15) is 9.90 Å². The van der Waals surface area contributed by atoms with Crippen molar-refractivity contribution in [1.29, 1.82) is 0 Å². The molecule has 5 rings (SSSR count). The number of benzene rings is 3. The number of aryl methyl sites for hydroxylation is 4. The largest absolute Gasteiger partial charge is 0.392 e. The van der Waals surface area contributed by atoms with Crippen LogP contribution in [0.5, 0.6) is 0 Å². The van der Waals surface area contributed by atoms with Gasteiger partial charge in [-0.05, 0) is 60.1 Å². The van der Waals surface area contributed by atoms with Gasteiger partial charge in [-0.25, -0.2) is 9.97 Å².